The number of nitrogens with one attached hydrogen (secondary N) is 1. The van der Waals surface area contributed by atoms with Gasteiger partial charge in [0.1, 0.15) is 5.01 Å². The Balaban J connectivity index is 1.77. The Morgan fingerprint density at radius 2 is 2.04 bits per heavy atom. The van der Waals surface area contributed by atoms with Crippen LogP contribution in [0.15, 0.2) is 48.5 Å². The lowest BCUT2D eigenvalue weighted by molar-refractivity contribution is -0.111. The first-order valence-electron chi connectivity index (χ1n) is 7.60. The molecule has 1 amide bonds. The van der Waals surface area contributed by atoms with Crippen molar-refractivity contribution in [3.63, 3.8) is 0 Å². The van der Waals surface area contributed by atoms with E-state index in [2.05, 4.69) is 17.2 Å². The van der Waals surface area contributed by atoms with Crippen molar-refractivity contribution in [2.75, 3.05) is 5.32 Å². The topological polar surface area (TPSA) is 42.0 Å². The van der Waals surface area contributed by atoms with Crippen LogP contribution in [0.25, 0.3) is 16.3 Å². The van der Waals surface area contributed by atoms with Gasteiger partial charge in [-0.05, 0) is 42.7 Å². The van der Waals surface area contributed by atoms with Crippen molar-refractivity contribution in [1.29, 1.82) is 0 Å². The SMILES string of the molecule is CCc1cccc(C)c1NC(=O)/C=C/c1nc2ccccc2s1. The van der Waals surface area contributed by atoms with E-state index in [9.17, 15) is 4.79 Å². The summed E-state index contributed by atoms with van der Waals surface area (Å²) < 4.78 is 1.12. The first kappa shape index (κ1) is 15.4. The lowest BCUT2D eigenvalue weighted by Gasteiger charge is -2.11. The standard InChI is InChI=1S/C19H18N2OS/c1-3-14-8-6-7-13(2)19(14)21-17(22)11-12-18-20-15-9-4-5-10-16(15)23-18/h4-12H,3H2,1-2H3,(H,21,22)/b12-11+. The Labute approximate surface area is 139 Å². The summed E-state index contributed by atoms with van der Waals surface area (Å²) in [6.07, 6.45) is 4.20. The molecule has 0 aliphatic carbocycles. The van der Waals surface area contributed by atoms with E-state index in [0.717, 1.165) is 38.5 Å². The third kappa shape index (κ3) is 3.48. The van der Waals surface area contributed by atoms with Gasteiger partial charge in [-0.25, -0.2) is 4.98 Å². The minimum Gasteiger partial charge on any atom is -0.322 e. The molecule has 3 aromatic rings. The maximum atomic E-state index is 12.2. The summed E-state index contributed by atoms with van der Waals surface area (Å²) in [6.45, 7) is 4.09. The molecular formula is C19H18N2OS. The molecule has 0 saturated carbocycles. The Bertz CT molecular complexity index is 847. The lowest BCUT2D eigenvalue weighted by Crippen LogP contribution is -2.11. The van der Waals surface area contributed by atoms with E-state index < -0.39 is 0 Å². The number of hydrogen-bond donors (Lipinski definition) is 1. The van der Waals surface area contributed by atoms with Crippen LogP contribution >= 0.6 is 11.3 Å². The van der Waals surface area contributed by atoms with Gasteiger partial charge in [0.05, 0.1) is 10.2 Å². The van der Waals surface area contributed by atoms with Gasteiger partial charge < -0.3 is 5.32 Å². The normalized spacial score (nSPS) is 11.2. The number of carbonyl (C=O) groups is 1. The van der Waals surface area contributed by atoms with Gasteiger partial charge in [0, 0.05) is 11.8 Å². The molecule has 3 rings (SSSR count). The molecule has 0 saturated heterocycles. The van der Waals surface area contributed by atoms with Gasteiger partial charge in [0.25, 0.3) is 0 Å². The lowest BCUT2D eigenvalue weighted by atomic mass is 10.1. The molecule has 3 nitrogen and oxygen atoms in total. The van der Waals surface area contributed by atoms with Gasteiger partial charge in [-0.15, -0.1) is 11.3 Å². The number of nitrogens with zero attached hydrogens (tertiary/aromatic N) is 1. The summed E-state index contributed by atoms with van der Waals surface area (Å²) in [7, 11) is 0. The van der Waals surface area contributed by atoms with Crippen molar-refractivity contribution >= 4 is 39.2 Å². The third-order valence-corrected chi connectivity index (χ3v) is 4.68. The molecule has 0 aliphatic heterocycles. The number of anilines is 1. The first-order valence-corrected chi connectivity index (χ1v) is 8.42. The highest BCUT2D eigenvalue weighted by atomic mass is 32.1. The van der Waals surface area contributed by atoms with E-state index in [4.69, 9.17) is 0 Å². The monoisotopic (exact) mass is 322 g/mol. The largest absolute Gasteiger partial charge is 0.322 e. The Hall–Kier alpha value is -2.46. The first-order chi connectivity index (χ1) is 11.2. The second-order valence-electron chi connectivity index (χ2n) is 5.30. The number of carbonyl (C=O) groups excluding carboxylic acids is 1. The number of amides is 1. The molecule has 1 heterocycles. The molecule has 23 heavy (non-hydrogen) atoms. The molecule has 0 bridgehead atoms. The molecule has 1 N–H and O–H groups in total. The van der Waals surface area contributed by atoms with Crippen molar-refractivity contribution in [1.82, 2.24) is 4.98 Å². The maximum Gasteiger partial charge on any atom is 0.248 e. The summed E-state index contributed by atoms with van der Waals surface area (Å²) in [6, 6.07) is 14.0. The molecule has 2 aromatic carbocycles. The Morgan fingerprint density at radius 1 is 1.22 bits per heavy atom. The van der Waals surface area contributed by atoms with Crippen molar-refractivity contribution in [2.24, 2.45) is 0 Å². The number of benzene rings is 2. The van der Waals surface area contributed by atoms with Crippen LogP contribution in [0.1, 0.15) is 23.1 Å². The van der Waals surface area contributed by atoms with E-state index in [1.54, 1.807) is 23.5 Å². The predicted molar refractivity (Wildman–Crippen MR) is 97.8 cm³/mol. The molecule has 0 unspecified atom stereocenters. The van der Waals surface area contributed by atoms with E-state index >= 15 is 0 Å². The van der Waals surface area contributed by atoms with Crippen molar-refractivity contribution in [2.45, 2.75) is 20.3 Å². The smallest absolute Gasteiger partial charge is 0.248 e. The summed E-state index contributed by atoms with van der Waals surface area (Å²) in [4.78, 5) is 16.7. The van der Waals surface area contributed by atoms with Crippen LogP contribution in [0.3, 0.4) is 0 Å². The molecule has 116 valence electrons. The average Bonchev–Trinajstić information content (AvgIpc) is 2.98. The fourth-order valence-corrected chi connectivity index (χ4v) is 3.35. The number of rotatable bonds is 4. The third-order valence-electron chi connectivity index (χ3n) is 3.68. The highest BCUT2D eigenvalue weighted by Crippen LogP contribution is 2.23. The van der Waals surface area contributed by atoms with Crippen LogP contribution in [0.4, 0.5) is 5.69 Å². The molecule has 0 fully saturated rings. The number of fused-ring (bicyclic) bond motifs is 1. The fraction of sp³-hybridized carbons (Fsp3) is 0.158. The van der Waals surface area contributed by atoms with Gasteiger partial charge in [0.15, 0.2) is 0 Å². The molecular weight excluding hydrogens is 304 g/mol. The van der Waals surface area contributed by atoms with E-state index in [1.165, 1.54) is 0 Å². The van der Waals surface area contributed by atoms with Crippen LogP contribution in [0.5, 0.6) is 0 Å². The van der Waals surface area contributed by atoms with Crippen molar-refractivity contribution < 1.29 is 4.79 Å². The maximum absolute atomic E-state index is 12.2. The van der Waals surface area contributed by atoms with Crippen molar-refractivity contribution in [3.8, 4) is 0 Å². The zero-order valence-electron chi connectivity index (χ0n) is 13.2. The molecule has 0 atom stereocenters. The van der Waals surface area contributed by atoms with E-state index in [0.29, 0.717) is 0 Å². The quantitative estimate of drug-likeness (QED) is 0.700. The second kappa shape index (κ2) is 6.75. The van der Waals surface area contributed by atoms with Gasteiger partial charge in [-0.2, -0.15) is 0 Å². The molecule has 0 aliphatic rings. The zero-order chi connectivity index (χ0) is 16.2. The number of aryl methyl sites for hydroxylation is 2. The molecule has 1 aromatic heterocycles. The van der Waals surface area contributed by atoms with Gasteiger partial charge in [-0.1, -0.05) is 37.3 Å². The van der Waals surface area contributed by atoms with Gasteiger partial charge >= 0.3 is 0 Å². The minimum absolute atomic E-state index is 0.131. The van der Waals surface area contributed by atoms with Crippen LogP contribution < -0.4 is 5.32 Å². The van der Waals surface area contributed by atoms with Gasteiger partial charge in [0.2, 0.25) is 5.91 Å². The summed E-state index contributed by atoms with van der Waals surface area (Å²) in [5.74, 6) is -0.131. The number of aromatic nitrogens is 1. The number of para-hydroxylation sites is 2. The van der Waals surface area contributed by atoms with Crippen LogP contribution in [0.2, 0.25) is 0 Å². The minimum atomic E-state index is -0.131. The molecule has 0 radical (unpaired) electrons. The predicted octanol–water partition coefficient (Wildman–Crippen LogP) is 4.82. The highest BCUT2D eigenvalue weighted by Gasteiger charge is 2.07. The van der Waals surface area contributed by atoms with Crippen LogP contribution in [-0.4, -0.2) is 10.9 Å². The van der Waals surface area contributed by atoms with E-state index in [1.807, 2.05) is 49.4 Å². The fourth-order valence-electron chi connectivity index (χ4n) is 2.48. The summed E-state index contributed by atoms with van der Waals surface area (Å²) >= 11 is 1.58. The number of hydrogen-bond acceptors (Lipinski definition) is 3. The molecule has 0 spiro atoms. The highest BCUT2D eigenvalue weighted by molar-refractivity contribution is 7.19. The Morgan fingerprint density at radius 3 is 2.83 bits per heavy atom. The number of thiazole rings is 1. The van der Waals surface area contributed by atoms with E-state index in [-0.39, 0.29) is 5.91 Å². The van der Waals surface area contributed by atoms with Gasteiger partial charge in [-0.3, -0.25) is 4.79 Å². The second-order valence-corrected chi connectivity index (χ2v) is 6.37. The Kier molecular flexibility index (Phi) is 4.53. The van der Waals surface area contributed by atoms with Crippen molar-refractivity contribution in [3.05, 3.63) is 64.7 Å². The molecule has 4 heteroatoms. The summed E-state index contributed by atoms with van der Waals surface area (Å²) in [5, 5.41) is 3.82. The zero-order valence-corrected chi connectivity index (χ0v) is 14.0. The van der Waals surface area contributed by atoms with Crippen LogP contribution in [0, 0.1) is 6.92 Å². The summed E-state index contributed by atoms with van der Waals surface area (Å²) in [5.41, 5.74) is 4.09. The van der Waals surface area contributed by atoms with Crippen LogP contribution in [-0.2, 0) is 11.2 Å². The average molecular weight is 322 g/mol.